The molecule has 162 valence electrons. The van der Waals surface area contributed by atoms with E-state index in [0.717, 1.165) is 16.9 Å². The molecule has 0 bridgehead atoms. The first-order valence-electron chi connectivity index (χ1n) is 8.66. The Morgan fingerprint density at radius 2 is 1.70 bits per heavy atom. The van der Waals surface area contributed by atoms with Crippen molar-refractivity contribution in [2.24, 2.45) is 0 Å². The second-order valence-corrected chi connectivity index (χ2v) is 7.26. The number of halogens is 6. The third-order valence-corrected chi connectivity index (χ3v) is 4.26. The van der Waals surface area contributed by atoms with Gasteiger partial charge in [-0.3, -0.25) is 0 Å². The first-order valence-corrected chi connectivity index (χ1v) is 8.66. The molecule has 0 amide bonds. The van der Waals surface area contributed by atoms with E-state index in [-0.39, 0.29) is 17.2 Å². The topological polar surface area (TPSA) is 75.3 Å². The van der Waals surface area contributed by atoms with Gasteiger partial charge in [-0.1, -0.05) is 24.3 Å². The van der Waals surface area contributed by atoms with E-state index < -0.39 is 36.1 Å². The quantitative estimate of drug-likeness (QED) is 0.591. The van der Waals surface area contributed by atoms with Gasteiger partial charge >= 0.3 is 12.4 Å². The summed E-state index contributed by atoms with van der Waals surface area (Å²) in [5, 5.41) is 17.2. The van der Waals surface area contributed by atoms with Crippen LogP contribution in [0.3, 0.4) is 0 Å². The number of alkyl halides is 6. The third kappa shape index (κ3) is 4.99. The summed E-state index contributed by atoms with van der Waals surface area (Å²) >= 11 is 0. The molecule has 2 aromatic heterocycles. The number of aliphatic hydroxyl groups is 1. The van der Waals surface area contributed by atoms with Gasteiger partial charge in [-0.25, -0.2) is 4.98 Å². The number of nitrogens with zero attached hydrogens (tertiary/aromatic N) is 4. The molecule has 1 atom stereocenters. The Morgan fingerprint density at radius 3 is 2.23 bits per heavy atom. The Bertz CT molecular complexity index is 1020. The number of rotatable bonds is 5. The van der Waals surface area contributed by atoms with E-state index in [0.29, 0.717) is 5.56 Å². The number of nitrogens with one attached hydrogen (secondary N) is 1. The van der Waals surface area contributed by atoms with Gasteiger partial charge in [-0.2, -0.15) is 40.9 Å². The zero-order chi connectivity index (χ0) is 22.3. The van der Waals surface area contributed by atoms with Crippen molar-refractivity contribution in [3.05, 3.63) is 53.5 Å². The lowest BCUT2D eigenvalue weighted by Crippen LogP contribution is -2.35. The average molecular weight is 433 g/mol. The highest BCUT2D eigenvalue weighted by Gasteiger charge is 2.35. The number of hydrogen-bond acceptors (Lipinski definition) is 5. The Morgan fingerprint density at radius 1 is 1.07 bits per heavy atom. The summed E-state index contributed by atoms with van der Waals surface area (Å²) in [5.41, 5.74) is -2.32. The van der Waals surface area contributed by atoms with Crippen LogP contribution in [0.4, 0.5) is 32.2 Å². The molecule has 0 fully saturated rings. The number of benzene rings is 1. The van der Waals surface area contributed by atoms with E-state index in [2.05, 4.69) is 20.4 Å². The molecule has 0 saturated heterocycles. The highest BCUT2D eigenvalue weighted by Crippen LogP contribution is 2.34. The minimum absolute atomic E-state index is 0.0164. The molecule has 12 heteroatoms. The lowest BCUT2D eigenvalue weighted by atomic mass is 9.91. The van der Waals surface area contributed by atoms with E-state index in [1.54, 1.807) is 0 Å². The molecule has 30 heavy (non-hydrogen) atoms. The van der Waals surface area contributed by atoms with Gasteiger partial charge in [0.15, 0.2) is 5.69 Å². The van der Waals surface area contributed by atoms with Crippen LogP contribution >= 0.6 is 0 Å². The van der Waals surface area contributed by atoms with Crippen LogP contribution in [0.5, 0.6) is 0 Å². The predicted molar refractivity (Wildman–Crippen MR) is 94.6 cm³/mol. The van der Waals surface area contributed by atoms with E-state index >= 15 is 0 Å². The van der Waals surface area contributed by atoms with Gasteiger partial charge in [0.05, 0.1) is 18.1 Å². The predicted octanol–water partition coefficient (Wildman–Crippen LogP) is 4.17. The molecule has 0 saturated carbocycles. The minimum atomic E-state index is -4.74. The monoisotopic (exact) mass is 433 g/mol. The summed E-state index contributed by atoms with van der Waals surface area (Å²) < 4.78 is 78.3. The van der Waals surface area contributed by atoms with Crippen LogP contribution in [0.1, 0.15) is 36.7 Å². The Hall–Kier alpha value is -2.89. The summed E-state index contributed by atoms with van der Waals surface area (Å²) in [6.45, 7) is 2.83. The molecular weight excluding hydrogens is 416 g/mol. The van der Waals surface area contributed by atoms with Crippen molar-refractivity contribution in [2.45, 2.75) is 44.3 Å². The SMILES string of the molecule is CC(C)(O)[C@@H](Nc1cc(C(F)(F)F)nc2ncnn12)c1ccc(CC(F)(F)F)cc1. The lowest BCUT2D eigenvalue weighted by molar-refractivity contribution is -0.141. The van der Waals surface area contributed by atoms with Crippen molar-refractivity contribution >= 4 is 11.6 Å². The Balaban J connectivity index is 2.00. The molecular formula is C18H17F6N5O. The number of hydrogen-bond donors (Lipinski definition) is 2. The summed E-state index contributed by atoms with van der Waals surface area (Å²) in [5.74, 6) is -0.446. The van der Waals surface area contributed by atoms with Crippen LogP contribution in [0.25, 0.3) is 5.78 Å². The molecule has 3 aromatic rings. The Kier molecular flexibility index (Phi) is 5.39. The largest absolute Gasteiger partial charge is 0.433 e. The van der Waals surface area contributed by atoms with Gasteiger partial charge < -0.3 is 10.4 Å². The molecule has 3 rings (SSSR count). The van der Waals surface area contributed by atoms with Gasteiger partial charge in [0.25, 0.3) is 5.78 Å². The van der Waals surface area contributed by atoms with Gasteiger partial charge in [0.2, 0.25) is 0 Å². The second-order valence-electron chi connectivity index (χ2n) is 7.26. The fourth-order valence-corrected chi connectivity index (χ4v) is 2.94. The van der Waals surface area contributed by atoms with Gasteiger partial charge in [0, 0.05) is 6.07 Å². The second kappa shape index (κ2) is 7.42. The molecule has 2 N–H and O–H groups in total. The molecule has 1 aromatic carbocycles. The van der Waals surface area contributed by atoms with E-state index in [1.807, 2.05) is 0 Å². The van der Waals surface area contributed by atoms with Crippen LogP contribution in [-0.2, 0) is 12.6 Å². The maximum atomic E-state index is 13.2. The zero-order valence-electron chi connectivity index (χ0n) is 15.8. The zero-order valence-corrected chi connectivity index (χ0v) is 15.8. The molecule has 0 spiro atoms. The standard InChI is InChI=1S/C18H17F6N5O/c1-16(2,30)14(11-5-3-10(4-6-11)8-17(19,20)21)28-13-7-12(18(22,23)24)27-15-25-9-26-29(13)15/h3-7,9,14,28,30H,8H2,1-2H3/t14-/m0/s1. The molecule has 0 radical (unpaired) electrons. The molecule has 0 aliphatic rings. The summed E-state index contributed by atoms with van der Waals surface area (Å²) in [6, 6.07) is 5.00. The van der Waals surface area contributed by atoms with Crippen molar-refractivity contribution in [3.63, 3.8) is 0 Å². The summed E-state index contributed by atoms with van der Waals surface area (Å²) in [4.78, 5) is 7.08. The maximum Gasteiger partial charge on any atom is 0.433 e. The molecule has 2 heterocycles. The number of anilines is 1. The summed E-state index contributed by atoms with van der Waals surface area (Å²) in [6.07, 6.45) is -9.21. The highest BCUT2D eigenvalue weighted by atomic mass is 19.4. The Labute approximate surface area is 166 Å². The van der Waals surface area contributed by atoms with E-state index in [4.69, 9.17) is 0 Å². The van der Waals surface area contributed by atoms with Crippen molar-refractivity contribution in [3.8, 4) is 0 Å². The normalized spacial score (nSPS) is 14.2. The summed E-state index contributed by atoms with van der Waals surface area (Å²) in [7, 11) is 0. The fourth-order valence-electron chi connectivity index (χ4n) is 2.94. The van der Waals surface area contributed by atoms with Crippen LogP contribution in [0.2, 0.25) is 0 Å². The van der Waals surface area contributed by atoms with E-state index in [1.165, 1.54) is 38.1 Å². The highest BCUT2D eigenvalue weighted by molar-refractivity contribution is 5.48. The number of aromatic nitrogens is 4. The first-order chi connectivity index (χ1) is 13.7. The lowest BCUT2D eigenvalue weighted by Gasteiger charge is -2.31. The average Bonchev–Trinajstić information content (AvgIpc) is 3.06. The van der Waals surface area contributed by atoms with Crippen LogP contribution in [0, 0.1) is 0 Å². The molecule has 6 nitrogen and oxygen atoms in total. The maximum absolute atomic E-state index is 13.2. The van der Waals surface area contributed by atoms with Crippen molar-refractivity contribution in [1.29, 1.82) is 0 Å². The van der Waals surface area contributed by atoms with Crippen molar-refractivity contribution in [1.82, 2.24) is 19.6 Å². The molecule has 0 unspecified atom stereocenters. The van der Waals surface area contributed by atoms with Crippen LogP contribution < -0.4 is 5.32 Å². The van der Waals surface area contributed by atoms with Crippen molar-refractivity contribution in [2.75, 3.05) is 5.32 Å². The third-order valence-electron chi connectivity index (χ3n) is 4.26. The van der Waals surface area contributed by atoms with E-state index in [9.17, 15) is 31.4 Å². The number of fused-ring (bicyclic) bond motifs is 1. The minimum Gasteiger partial charge on any atom is -0.388 e. The smallest absolute Gasteiger partial charge is 0.388 e. The van der Waals surface area contributed by atoms with Crippen LogP contribution in [0.15, 0.2) is 36.7 Å². The van der Waals surface area contributed by atoms with Gasteiger partial charge in [-0.15, -0.1) is 0 Å². The first kappa shape index (κ1) is 21.8. The van der Waals surface area contributed by atoms with Crippen LogP contribution in [-0.4, -0.2) is 36.5 Å². The van der Waals surface area contributed by atoms with Crippen molar-refractivity contribution < 1.29 is 31.4 Å². The van der Waals surface area contributed by atoms with Gasteiger partial charge in [-0.05, 0) is 25.0 Å². The fraction of sp³-hybridized carbons (Fsp3) is 0.389. The molecule has 0 aliphatic carbocycles. The van der Waals surface area contributed by atoms with Gasteiger partial charge in [0.1, 0.15) is 12.1 Å². The molecule has 0 aliphatic heterocycles.